The van der Waals surface area contributed by atoms with Crippen LogP contribution in [-0.4, -0.2) is 22.9 Å². The van der Waals surface area contributed by atoms with Gasteiger partial charge in [-0.15, -0.1) is 0 Å². The van der Waals surface area contributed by atoms with Crippen molar-refractivity contribution >= 4 is 29.0 Å². The van der Waals surface area contributed by atoms with Crippen LogP contribution in [0.25, 0.3) is 0 Å². The van der Waals surface area contributed by atoms with Gasteiger partial charge in [0.05, 0.1) is 0 Å². The van der Waals surface area contributed by atoms with Gasteiger partial charge in [0, 0.05) is 22.7 Å². The number of carboxylic acids is 1. The number of halogens is 1. The average molecular weight is 267 g/mol. The Kier molecular flexibility index (Phi) is 6.74. The molecule has 0 fully saturated rings. The van der Waals surface area contributed by atoms with Crippen molar-refractivity contribution in [1.29, 1.82) is 0 Å². The Morgan fingerprint density at radius 2 is 2.06 bits per heavy atom. The van der Waals surface area contributed by atoms with Gasteiger partial charge < -0.3 is 18.0 Å². The number of nitrogen functional groups attached to an aromatic ring is 1. The van der Waals surface area contributed by atoms with Gasteiger partial charge in [-0.25, -0.2) is 0 Å². The number of carbonyl (C=O) groups excluding carboxylic acids is 1. The maximum Gasteiger partial charge on any atom is 1.00 e. The van der Waals surface area contributed by atoms with Crippen molar-refractivity contribution in [2.75, 3.05) is 5.73 Å². The van der Waals surface area contributed by atoms with Crippen LogP contribution in [0.3, 0.4) is 0 Å². The van der Waals surface area contributed by atoms with Crippen LogP contribution in [0.15, 0.2) is 18.2 Å². The molecule has 5 N–H and O–H groups in total. The molecule has 0 amide bonds. The molecule has 1 aromatic rings. The second-order valence-corrected chi connectivity index (χ2v) is 3.74. The van der Waals surface area contributed by atoms with Crippen LogP contribution in [0.4, 0.5) is 5.69 Å². The zero-order chi connectivity index (χ0) is 12.3. The van der Waals surface area contributed by atoms with E-state index in [-0.39, 0.29) is 48.7 Å². The van der Waals surface area contributed by atoms with Crippen molar-refractivity contribution in [3.05, 3.63) is 28.8 Å². The van der Waals surface area contributed by atoms with E-state index in [4.69, 9.17) is 28.2 Å². The molecule has 0 saturated heterocycles. The summed E-state index contributed by atoms with van der Waals surface area (Å²) in [6.45, 7) is 0. The van der Waals surface area contributed by atoms with E-state index in [1.54, 1.807) is 6.07 Å². The number of Topliss-reactive ketones (excluding diaryl/α,β-unsaturated/α-hetero) is 1. The minimum atomic E-state index is -1.23. The summed E-state index contributed by atoms with van der Waals surface area (Å²) in [5.74, 6) is -1.66. The molecule has 1 rings (SSSR count). The number of ketones is 1. The third-order valence-electron chi connectivity index (χ3n) is 2.04. The van der Waals surface area contributed by atoms with Crippen LogP contribution >= 0.6 is 11.6 Å². The van der Waals surface area contributed by atoms with Gasteiger partial charge in [0.2, 0.25) is 0 Å². The molecular formula is C10H12ClN2NaO3. The number of hydrogen-bond acceptors (Lipinski definition) is 4. The van der Waals surface area contributed by atoms with Crippen molar-refractivity contribution in [1.82, 2.24) is 0 Å². The van der Waals surface area contributed by atoms with E-state index in [0.29, 0.717) is 5.02 Å². The maximum atomic E-state index is 11.7. The fourth-order valence-electron chi connectivity index (χ4n) is 1.17. The molecule has 0 aliphatic rings. The monoisotopic (exact) mass is 266 g/mol. The van der Waals surface area contributed by atoms with Crippen molar-refractivity contribution in [2.45, 2.75) is 12.5 Å². The first kappa shape index (κ1) is 16.4. The van der Waals surface area contributed by atoms with E-state index >= 15 is 0 Å². The molecule has 0 radical (unpaired) electrons. The van der Waals surface area contributed by atoms with Crippen LogP contribution in [0.2, 0.25) is 5.02 Å². The standard InChI is InChI=1S/C10H11ClN2O3.Na.H/c11-5-1-2-7(12)6(3-5)9(14)4-8(13)10(15)16;;/h1-3,8H,4,12-13H2,(H,15,16);;/q;+1;-1. The van der Waals surface area contributed by atoms with Gasteiger partial charge >= 0.3 is 35.5 Å². The van der Waals surface area contributed by atoms with Gasteiger partial charge in [0.25, 0.3) is 0 Å². The third-order valence-corrected chi connectivity index (χ3v) is 2.27. The van der Waals surface area contributed by atoms with Gasteiger partial charge in [0.1, 0.15) is 6.04 Å². The molecule has 7 heteroatoms. The molecule has 0 bridgehead atoms. The van der Waals surface area contributed by atoms with Gasteiger partial charge in [-0.3, -0.25) is 9.59 Å². The van der Waals surface area contributed by atoms with Gasteiger partial charge in [-0.05, 0) is 18.2 Å². The summed E-state index contributed by atoms with van der Waals surface area (Å²) in [7, 11) is 0. The first-order valence-electron chi connectivity index (χ1n) is 4.48. The molecule has 5 nitrogen and oxygen atoms in total. The Bertz CT molecular complexity index is 445. The van der Waals surface area contributed by atoms with Crippen molar-refractivity contribution < 1.29 is 45.7 Å². The number of anilines is 1. The molecule has 0 spiro atoms. The van der Waals surface area contributed by atoms with Gasteiger partial charge in [-0.2, -0.15) is 0 Å². The van der Waals surface area contributed by atoms with Crippen LogP contribution in [0, 0.1) is 0 Å². The van der Waals surface area contributed by atoms with Crippen molar-refractivity contribution in [3.63, 3.8) is 0 Å². The normalized spacial score (nSPS) is 11.4. The molecule has 1 aromatic carbocycles. The molecule has 17 heavy (non-hydrogen) atoms. The van der Waals surface area contributed by atoms with Crippen LogP contribution in [-0.2, 0) is 4.79 Å². The number of nitrogens with two attached hydrogens (primary N) is 2. The molecule has 0 aliphatic carbocycles. The summed E-state index contributed by atoms with van der Waals surface area (Å²) in [5.41, 5.74) is 11.3. The SMILES string of the molecule is Nc1ccc(Cl)cc1C(=O)CC(N)C(=O)O.[H-].[Na+]. The molecule has 0 saturated carbocycles. The largest absolute Gasteiger partial charge is 1.00 e. The summed E-state index contributed by atoms with van der Waals surface area (Å²) in [6, 6.07) is 3.20. The van der Waals surface area contributed by atoms with Crippen LogP contribution < -0.4 is 41.0 Å². The molecule has 1 atom stereocenters. The molecule has 0 heterocycles. The second kappa shape index (κ2) is 6.98. The third kappa shape index (κ3) is 4.65. The van der Waals surface area contributed by atoms with Gasteiger partial charge in [-0.1, -0.05) is 11.6 Å². The average Bonchev–Trinajstić information content (AvgIpc) is 2.21. The predicted molar refractivity (Wildman–Crippen MR) is 61.5 cm³/mol. The van der Waals surface area contributed by atoms with Crippen LogP contribution in [0.1, 0.15) is 18.2 Å². The Morgan fingerprint density at radius 3 is 2.59 bits per heavy atom. The minimum Gasteiger partial charge on any atom is -1.00 e. The zero-order valence-electron chi connectivity index (χ0n) is 10.3. The smallest absolute Gasteiger partial charge is 1.00 e. The van der Waals surface area contributed by atoms with E-state index in [1.807, 2.05) is 0 Å². The maximum absolute atomic E-state index is 11.7. The zero-order valence-corrected chi connectivity index (χ0v) is 12.1. The Morgan fingerprint density at radius 1 is 1.47 bits per heavy atom. The summed E-state index contributed by atoms with van der Waals surface area (Å²) in [5, 5.41) is 8.93. The Hall–Kier alpha value is -0.590. The molecule has 0 aliphatic heterocycles. The second-order valence-electron chi connectivity index (χ2n) is 3.30. The fraction of sp³-hybridized carbons (Fsp3) is 0.200. The summed E-state index contributed by atoms with van der Waals surface area (Å²) in [4.78, 5) is 22.1. The molecule has 88 valence electrons. The summed E-state index contributed by atoms with van der Waals surface area (Å²) >= 11 is 5.70. The minimum absolute atomic E-state index is 0. The Labute approximate surface area is 127 Å². The number of hydrogen-bond donors (Lipinski definition) is 3. The fourth-order valence-corrected chi connectivity index (χ4v) is 1.34. The van der Waals surface area contributed by atoms with E-state index in [1.165, 1.54) is 12.1 Å². The summed E-state index contributed by atoms with van der Waals surface area (Å²) < 4.78 is 0. The number of aliphatic carboxylic acids is 1. The molecular weight excluding hydrogens is 255 g/mol. The van der Waals surface area contributed by atoms with Crippen LogP contribution in [0.5, 0.6) is 0 Å². The molecule has 1 unspecified atom stereocenters. The molecule has 0 aromatic heterocycles. The topological polar surface area (TPSA) is 106 Å². The predicted octanol–water partition coefficient (Wildman–Crippen LogP) is -1.98. The number of carboxylic acid groups (broad SMARTS) is 1. The first-order chi connectivity index (χ1) is 7.41. The van der Waals surface area contributed by atoms with E-state index in [2.05, 4.69) is 0 Å². The van der Waals surface area contributed by atoms with E-state index < -0.39 is 17.8 Å². The number of rotatable bonds is 4. The van der Waals surface area contributed by atoms with Crippen molar-refractivity contribution in [3.8, 4) is 0 Å². The Balaban J connectivity index is 0. The van der Waals surface area contributed by atoms with E-state index in [9.17, 15) is 9.59 Å². The van der Waals surface area contributed by atoms with Gasteiger partial charge in [0.15, 0.2) is 5.78 Å². The van der Waals surface area contributed by atoms with E-state index in [0.717, 1.165) is 0 Å². The number of benzene rings is 1. The summed E-state index contributed by atoms with van der Waals surface area (Å²) in [6.07, 6.45) is -0.306. The number of carbonyl (C=O) groups is 2. The van der Waals surface area contributed by atoms with Crippen molar-refractivity contribution in [2.24, 2.45) is 5.73 Å². The first-order valence-corrected chi connectivity index (χ1v) is 4.86. The quantitative estimate of drug-likeness (QED) is 0.333.